The van der Waals surface area contributed by atoms with Crippen molar-refractivity contribution < 1.29 is 27.2 Å². The molecular formula is C22H23F3N4O3. The third-order valence-electron chi connectivity index (χ3n) is 5.66. The molecule has 0 spiro atoms. The van der Waals surface area contributed by atoms with Gasteiger partial charge in [0.2, 0.25) is 0 Å². The molecule has 0 bridgehead atoms. The summed E-state index contributed by atoms with van der Waals surface area (Å²) in [5.41, 5.74) is 0.124. The predicted molar refractivity (Wildman–Crippen MR) is 109 cm³/mol. The minimum Gasteiger partial charge on any atom is -0.496 e. The molecule has 10 heteroatoms. The first-order valence-corrected chi connectivity index (χ1v) is 10.3. The average molecular weight is 448 g/mol. The van der Waals surface area contributed by atoms with Gasteiger partial charge in [-0.2, -0.15) is 18.3 Å². The summed E-state index contributed by atoms with van der Waals surface area (Å²) in [6.07, 6.45) is -1.57. The SMILES string of the molecule is COc1ccccc1-c1cc(C(=O)N2CCCCCC2c2cc(C(F)(F)F)nn2C)no1. The number of nitrogens with zero attached hydrogens (tertiary/aromatic N) is 4. The van der Waals surface area contributed by atoms with Crippen LogP contribution in [0.4, 0.5) is 13.2 Å². The van der Waals surface area contributed by atoms with Crippen molar-refractivity contribution in [2.75, 3.05) is 13.7 Å². The molecule has 0 aliphatic carbocycles. The number of likely N-dealkylation sites (tertiary alicyclic amines) is 1. The molecule has 0 saturated carbocycles. The molecule has 4 rings (SSSR count). The zero-order valence-corrected chi connectivity index (χ0v) is 17.7. The smallest absolute Gasteiger partial charge is 0.435 e. The van der Waals surface area contributed by atoms with Gasteiger partial charge in [0.25, 0.3) is 5.91 Å². The third-order valence-corrected chi connectivity index (χ3v) is 5.66. The fourth-order valence-corrected chi connectivity index (χ4v) is 4.09. The Hall–Kier alpha value is -3.30. The van der Waals surface area contributed by atoms with E-state index in [1.165, 1.54) is 24.9 Å². The number of carbonyl (C=O) groups is 1. The Balaban J connectivity index is 1.66. The lowest BCUT2D eigenvalue weighted by Crippen LogP contribution is -2.35. The number of aryl methyl sites for hydroxylation is 1. The monoisotopic (exact) mass is 448 g/mol. The molecule has 1 aliphatic rings. The summed E-state index contributed by atoms with van der Waals surface area (Å²) in [6, 6.07) is 9.21. The largest absolute Gasteiger partial charge is 0.496 e. The highest BCUT2D eigenvalue weighted by atomic mass is 19.4. The number of halogens is 3. The first kappa shape index (κ1) is 21.9. The van der Waals surface area contributed by atoms with Crippen molar-refractivity contribution in [1.82, 2.24) is 19.8 Å². The molecule has 1 atom stereocenters. The summed E-state index contributed by atoms with van der Waals surface area (Å²) in [4.78, 5) is 14.9. The van der Waals surface area contributed by atoms with Crippen molar-refractivity contribution >= 4 is 5.91 Å². The number of rotatable bonds is 4. The van der Waals surface area contributed by atoms with Gasteiger partial charge in [0.05, 0.1) is 24.4 Å². The minimum absolute atomic E-state index is 0.0935. The van der Waals surface area contributed by atoms with Gasteiger partial charge in [-0.15, -0.1) is 0 Å². The van der Waals surface area contributed by atoms with Crippen molar-refractivity contribution in [3.63, 3.8) is 0 Å². The minimum atomic E-state index is -4.55. The van der Waals surface area contributed by atoms with Gasteiger partial charge in [0.15, 0.2) is 17.1 Å². The Kier molecular flexibility index (Phi) is 5.94. The lowest BCUT2D eigenvalue weighted by atomic mass is 10.1. The van der Waals surface area contributed by atoms with Gasteiger partial charge in [-0.25, -0.2) is 0 Å². The maximum atomic E-state index is 13.4. The number of amides is 1. The predicted octanol–water partition coefficient (Wildman–Crippen LogP) is 4.86. The molecule has 1 unspecified atom stereocenters. The highest BCUT2D eigenvalue weighted by Crippen LogP contribution is 2.36. The molecule has 3 heterocycles. The van der Waals surface area contributed by atoms with E-state index in [-0.39, 0.29) is 5.69 Å². The highest BCUT2D eigenvalue weighted by Gasteiger charge is 2.38. The van der Waals surface area contributed by atoms with E-state index in [1.807, 2.05) is 12.1 Å². The van der Waals surface area contributed by atoms with Crippen molar-refractivity contribution in [3.8, 4) is 17.1 Å². The number of alkyl halides is 3. The number of ether oxygens (including phenoxy) is 1. The fourth-order valence-electron chi connectivity index (χ4n) is 4.09. The number of para-hydroxylation sites is 1. The molecule has 32 heavy (non-hydrogen) atoms. The Morgan fingerprint density at radius 2 is 1.97 bits per heavy atom. The topological polar surface area (TPSA) is 73.4 Å². The molecule has 0 radical (unpaired) electrons. The lowest BCUT2D eigenvalue weighted by Gasteiger charge is -2.29. The quantitative estimate of drug-likeness (QED) is 0.570. The standard InChI is InChI=1S/C22H23F3N4O3/c1-28-17(13-20(26-28)22(23,24)25)16-9-4-3-7-11-29(16)21(30)15-12-19(32-27-15)14-8-5-6-10-18(14)31-2/h5-6,8,10,12-13,16H,3-4,7,9,11H2,1-2H3. The van der Waals surface area contributed by atoms with E-state index in [0.29, 0.717) is 35.7 Å². The van der Waals surface area contributed by atoms with Crippen molar-refractivity contribution in [3.05, 3.63) is 53.5 Å². The number of hydrogen-bond donors (Lipinski definition) is 0. The van der Waals surface area contributed by atoms with Gasteiger partial charge >= 0.3 is 6.18 Å². The summed E-state index contributed by atoms with van der Waals surface area (Å²) < 4.78 is 51.5. The molecule has 0 N–H and O–H groups in total. The van der Waals surface area contributed by atoms with Crippen molar-refractivity contribution in [1.29, 1.82) is 0 Å². The maximum Gasteiger partial charge on any atom is 0.435 e. The number of carbonyl (C=O) groups excluding carboxylic acids is 1. The number of methoxy groups -OCH3 is 1. The molecule has 1 amide bonds. The Bertz CT molecular complexity index is 1110. The van der Waals surface area contributed by atoms with Crippen LogP contribution >= 0.6 is 0 Å². The van der Waals surface area contributed by atoms with Crippen molar-refractivity contribution in [2.45, 2.75) is 37.9 Å². The van der Waals surface area contributed by atoms with Gasteiger partial charge < -0.3 is 14.2 Å². The molecule has 7 nitrogen and oxygen atoms in total. The molecule has 1 fully saturated rings. The number of hydrogen-bond acceptors (Lipinski definition) is 5. The molecule has 1 saturated heterocycles. The Morgan fingerprint density at radius 1 is 1.19 bits per heavy atom. The molecule has 170 valence electrons. The van der Waals surface area contributed by atoms with Crippen LogP contribution in [0.5, 0.6) is 5.75 Å². The van der Waals surface area contributed by atoms with Crippen LogP contribution in [-0.2, 0) is 13.2 Å². The normalized spacial score (nSPS) is 17.3. The fraction of sp³-hybridized carbons (Fsp3) is 0.409. The molecule has 2 aromatic heterocycles. The van der Waals surface area contributed by atoms with Crippen LogP contribution < -0.4 is 4.74 Å². The summed E-state index contributed by atoms with van der Waals surface area (Å²) in [7, 11) is 3.00. The van der Waals surface area contributed by atoms with Crippen LogP contribution in [0.2, 0.25) is 0 Å². The van der Waals surface area contributed by atoms with Gasteiger partial charge in [-0.05, 0) is 31.0 Å². The Morgan fingerprint density at radius 3 is 2.69 bits per heavy atom. The summed E-state index contributed by atoms with van der Waals surface area (Å²) in [5.74, 6) is 0.554. The van der Waals surface area contributed by atoms with Gasteiger partial charge in [0.1, 0.15) is 5.75 Å². The average Bonchev–Trinajstić information content (AvgIpc) is 3.34. The first-order chi connectivity index (χ1) is 15.3. The highest BCUT2D eigenvalue weighted by molar-refractivity contribution is 5.93. The summed E-state index contributed by atoms with van der Waals surface area (Å²) in [5, 5.41) is 7.57. The van der Waals surface area contributed by atoms with Crippen LogP contribution in [0.15, 0.2) is 40.9 Å². The van der Waals surface area contributed by atoms with E-state index in [2.05, 4.69) is 10.3 Å². The van der Waals surface area contributed by atoms with Crippen LogP contribution in [0, 0.1) is 0 Å². The molecule has 3 aromatic rings. The zero-order valence-electron chi connectivity index (χ0n) is 17.7. The Labute approximate surface area is 182 Å². The van der Waals surface area contributed by atoms with E-state index < -0.39 is 23.8 Å². The van der Waals surface area contributed by atoms with E-state index in [4.69, 9.17) is 9.26 Å². The van der Waals surface area contributed by atoms with Gasteiger partial charge in [-0.3, -0.25) is 9.48 Å². The lowest BCUT2D eigenvalue weighted by molar-refractivity contribution is -0.141. The molecule has 1 aliphatic heterocycles. The third kappa shape index (κ3) is 4.21. The van der Waals surface area contributed by atoms with Gasteiger partial charge in [0, 0.05) is 19.7 Å². The van der Waals surface area contributed by atoms with Crippen LogP contribution in [-0.4, -0.2) is 39.4 Å². The second-order valence-corrected chi connectivity index (χ2v) is 7.72. The second-order valence-electron chi connectivity index (χ2n) is 7.72. The van der Waals surface area contributed by atoms with E-state index in [0.717, 1.165) is 25.3 Å². The van der Waals surface area contributed by atoms with Crippen LogP contribution in [0.1, 0.15) is 53.6 Å². The van der Waals surface area contributed by atoms with Crippen molar-refractivity contribution in [2.24, 2.45) is 7.05 Å². The number of benzene rings is 1. The second kappa shape index (κ2) is 8.68. The van der Waals surface area contributed by atoms with Crippen LogP contribution in [0.25, 0.3) is 11.3 Å². The van der Waals surface area contributed by atoms with E-state index in [9.17, 15) is 18.0 Å². The summed E-state index contributed by atoms with van der Waals surface area (Å²) >= 11 is 0. The first-order valence-electron chi connectivity index (χ1n) is 10.3. The number of aromatic nitrogens is 3. The van der Waals surface area contributed by atoms with Gasteiger partial charge in [-0.1, -0.05) is 30.1 Å². The zero-order chi connectivity index (χ0) is 22.9. The van der Waals surface area contributed by atoms with E-state index in [1.54, 1.807) is 17.0 Å². The van der Waals surface area contributed by atoms with E-state index >= 15 is 0 Å². The molecule has 1 aromatic carbocycles. The maximum absolute atomic E-state index is 13.4. The summed E-state index contributed by atoms with van der Waals surface area (Å²) in [6.45, 7) is 0.410. The van der Waals surface area contributed by atoms with Crippen LogP contribution in [0.3, 0.4) is 0 Å². The molecular weight excluding hydrogens is 425 g/mol.